The van der Waals surface area contributed by atoms with E-state index < -0.39 is 0 Å². The van der Waals surface area contributed by atoms with Crippen molar-refractivity contribution in [3.05, 3.63) is 18.5 Å². The molecule has 0 spiro atoms. The van der Waals surface area contributed by atoms with Crippen molar-refractivity contribution in [3.63, 3.8) is 0 Å². The molecular weight excluding hydrogens is 226 g/mol. The molecule has 1 aromatic rings. The van der Waals surface area contributed by atoms with E-state index >= 15 is 0 Å². The molecule has 5 nitrogen and oxygen atoms in total. The van der Waals surface area contributed by atoms with E-state index in [2.05, 4.69) is 48.4 Å². The fraction of sp³-hybridized carbons (Fsp3) is 0.692. The van der Waals surface area contributed by atoms with Crippen molar-refractivity contribution in [2.45, 2.75) is 40.3 Å². The van der Waals surface area contributed by atoms with Crippen LogP contribution < -0.4 is 10.6 Å². The predicted molar refractivity (Wildman–Crippen MR) is 75.6 cm³/mol. The lowest BCUT2D eigenvalue weighted by atomic mass is 10.2. The van der Waals surface area contributed by atoms with Gasteiger partial charge in [-0.15, -0.1) is 0 Å². The molecule has 0 saturated carbocycles. The van der Waals surface area contributed by atoms with Crippen molar-refractivity contribution in [1.82, 2.24) is 20.4 Å². The number of nitrogens with zero attached hydrogens (tertiary/aromatic N) is 3. The first-order valence-corrected chi connectivity index (χ1v) is 6.64. The Hall–Kier alpha value is -1.52. The highest BCUT2D eigenvalue weighted by molar-refractivity contribution is 5.79. The van der Waals surface area contributed by atoms with Crippen molar-refractivity contribution in [1.29, 1.82) is 0 Å². The van der Waals surface area contributed by atoms with Gasteiger partial charge in [-0.1, -0.05) is 6.92 Å². The topological polar surface area (TPSA) is 54.2 Å². The molecule has 1 unspecified atom stereocenters. The van der Waals surface area contributed by atoms with Gasteiger partial charge in [0.05, 0.1) is 0 Å². The molecule has 0 radical (unpaired) electrons. The van der Waals surface area contributed by atoms with Gasteiger partial charge in [0.1, 0.15) is 0 Å². The van der Waals surface area contributed by atoms with E-state index in [1.807, 2.05) is 16.9 Å². The maximum Gasteiger partial charge on any atom is 0.191 e. The maximum absolute atomic E-state index is 4.59. The van der Waals surface area contributed by atoms with Crippen molar-refractivity contribution in [3.8, 4) is 0 Å². The zero-order valence-corrected chi connectivity index (χ0v) is 11.8. The molecule has 0 bridgehead atoms. The van der Waals surface area contributed by atoms with Gasteiger partial charge in [0.25, 0.3) is 0 Å². The van der Waals surface area contributed by atoms with E-state index in [0.29, 0.717) is 12.0 Å². The Labute approximate surface area is 110 Å². The molecule has 0 saturated heterocycles. The minimum atomic E-state index is 0.393. The van der Waals surface area contributed by atoms with E-state index in [9.17, 15) is 0 Å². The summed E-state index contributed by atoms with van der Waals surface area (Å²) >= 11 is 0. The minimum Gasteiger partial charge on any atom is -0.357 e. The van der Waals surface area contributed by atoms with Crippen molar-refractivity contribution in [2.75, 3.05) is 13.1 Å². The monoisotopic (exact) mass is 251 g/mol. The predicted octanol–water partition coefficient (Wildman–Crippen LogP) is 1.48. The second kappa shape index (κ2) is 7.74. The average Bonchev–Trinajstić information content (AvgIpc) is 2.78. The van der Waals surface area contributed by atoms with Crippen LogP contribution in [0.5, 0.6) is 0 Å². The van der Waals surface area contributed by atoms with E-state index in [1.165, 1.54) is 0 Å². The summed E-state index contributed by atoms with van der Waals surface area (Å²) in [5.41, 5.74) is 0. The first kappa shape index (κ1) is 14.5. The van der Waals surface area contributed by atoms with Crippen molar-refractivity contribution < 1.29 is 0 Å². The van der Waals surface area contributed by atoms with E-state index in [1.54, 1.807) is 6.20 Å². The molecule has 1 atom stereocenters. The summed E-state index contributed by atoms with van der Waals surface area (Å²) in [5, 5.41) is 10.8. The quantitative estimate of drug-likeness (QED) is 0.595. The number of hydrogen-bond acceptors (Lipinski definition) is 2. The summed E-state index contributed by atoms with van der Waals surface area (Å²) in [6, 6.07) is 2.34. The van der Waals surface area contributed by atoms with Crippen LogP contribution in [0, 0.1) is 5.92 Å². The Morgan fingerprint density at radius 1 is 1.39 bits per heavy atom. The van der Waals surface area contributed by atoms with Gasteiger partial charge in [0.15, 0.2) is 5.96 Å². The smallest absolute Gasteiger partial charge is 0.191 e. The molecule has 2 N–H and O–H groups in total. The van der Waals surface area contributed by atoms with Crippen molar-refractivity contribution in [2.24, 2.45) is 10.9 Å². The first-order valence-electron chi connectivity index (χ1n) is 6.64. The Kier molecular flexibility index (Phi) is 6.25. The number of aliphatic imine (C=N–C) groups is 1. The van der Waals surface area contributed by atoms with Crippen LogP contribution in [0.3, 0.4) is 0 Å². The molecule has 0 aliphatic heterocycles. The van der Waals surface area contributed by atoms with E-state index in [-0.39, 0.29) is 0 Å². The highest BCUT2D eigenvalue weighted by Crippen LogP contribution is 2.00. The standard InChI is InChI=1S/C13H25N5/c1-5-14-13(17-11(2)3)15-9-12(4)10-18-8-6-7-16-18/h6-8,11-12H,5,9-10H2,1-4H3,(H2,14,15,17). The number of aromatic nitrogens is 2. The van der Waals surface area contributed by atoms with E-state index in [0.717, 1.165) is 25.6 Å². The normalized spacial score (nSPS) is 13.7. The average molecular weight is 251 g/mol. The second-order valence-corrected chi connectivity index (χ2v) is 4.85. The lowest BCUT2D eigenvalue weighted by Crippen LogP contribution is -2.41. The molecule has 1 aromatic heterocycles. The summed E-state index contributed by atoms with van der Waals surface area (Å²) in [5.74, 6) is 1.35. The molecule has 0 aromatic carbocycles. The van der Waals surface area contributed by atoms with Gasteiger partial charge in [-0.05, 0) is 32.8 Å². The molecule has 1 heterocycles. The SMILES string of the molecule is CCNC(=NCC(C)Cn1cccn1)NC(C)C. The zero-order chi connectivity index (χ0) is 13.4. The van der Waals surface area contributed by atoms with Gasteiger partial charge >= 0.3 is 0 Å². The molecular formula is C13H25N5. The minimum absolute atomic E-state index is 0.393. The molecule has 0 aliphatic rings. The van der Waals surface area contributed by atoms with Crippen LogP contribution in [-0.2, 0) is 6.54 Å². The zero-order valence-electron chi connectivity index (χ0n) is 11.8. The van der Waals surface area contributed by atoms with Crippen LogP contribution in [0.1, 0.15) is 27.7 Å². The lowest BCUT2D eigenvalue weighted by molar-refractivity contribution is 0.458. The third kappa shape index (κ3) is 5.70. The fourth-order valence-electron chi connectivity index (χ4n) is 1.63. The summed E-state index contributed by atoms with van der Waals surface area (Å²) in [4.78, 5) is 4.59. The van der Waals surface area contributed by atoms with Gasteiger partial charge in [-0.2, -0.15) is 5.10 Å². The van der Waals surface area contributed by atoms with Crippen LogP contribution in [0.4, 0.5) is 0 Å². The van der Waals surface area contributed by atoms with Gasteiger partial charge in [0.2, 0.25) is 0 Å². The summed E-state index contributed by atoms with van der Waals surface area (Å²) in [6.45, 7) is 11.1. The largest absolute Gasteiger partial charge is 0.357 e. The lowest BCUT2D eigenvalue weighted by Gasteiger charge is -2.15. The Morgan fingerprint density at radius 3 is 2.72 bits per heavy atom. The van der Waals surface area contributed by atoms with Crippen LogP contribution in [0.2, 0.25) is 0 Å². The van der Waals surface area contributed by atoms with Crippen LogP contribution in [-0.4, -0.2) is 34.9 Å². The molecule has 0 aliphatic carbocycles. The Balaban J connectivity index is 2.42. The molecule has 0 fully saturated rings. The van der Waals surface area contributed by atoms with Gasteiger partial charge < -0.3 is 10.6 Å². The summed E-state index contributed by atoms with van der Waals surface area (Å²) in [7, 11) is 0. The Bertz CT molecular complexity index is 342. The van der Waals surface area contributed by atoms with Crippen molar-refractivity contribution >= 4 is 5.96 Å². The fourth-order valence-corrected chi connectivity index (χ4v) is 1.63. The highest BCUT2D eigenvalue weighted by Gasteiger charge is 2.04. The summed E-state index contributed by atoms with van der Waals surface area (Å²) in [6.07, 6.45) is 3.79. The summed E-state index contributed by atoms with van der Waals surface area (Å²) < 4.78 is 1.95. The molecule has 102 valence electrons. The molecule has 18 heavy (non-hydrogen) atoms. The molecule has 0 amide bonds. The molecule has 1 rings (SSSR count). The van der Waals surface area contributed by atoms with Gasteiger partial charge in [-0.3, -0.25) is 9.67 Å². The van der Waals surface area contributed by atoms with Crippen LogP contribution >= 0.6 is 0 Å². The number of guanidine groups is 1. The molecule has 5 heteroatoms. The third-order valence-electron chi connectivity index (χ3n) is 2.39. The maximum atomic E-state index is 4.59. The van der Waals surface area contributed by atoms with Gasteiger partial charge in [-0.25, -0.2) is 0 Å². The second-order valence-electron chi connectivity index (χ2n) is 4.85. The highest BCUT2D eigenvalue weighted by atomic mass is 15.3. The third-order valence-corrected chi connectivity index (χ3v) is 2.39. The first-order chi connectivity index (χ1) is 8.61. The van der Waals surface area contributed by atoms with E-state index in [4.69, 9.17) is 0 Å². The number of hydrogen-bond donors (Lipinski definition) is 2. The Morgan fingerprint density at radius 2 is 2.17 bits per heavy atom. The van der Waals surface area contributed by atoms with Crippen LogP contribution in [0.15, 0.2) is 23.5 Å². The van der Waals surface area contributed by atoms with Gasteiger partial charge in [0, 0.05) is 38.1 Å². The number of rotatable bonds is 6. The number of nitrogens with one attached hydrogen (secondary N) is 2. The van der Waals surface area contributed by atoms with Crippen LogP contribution in [0.25, 0.3) is 0 Å².